The van der Waals surface area contributed by atoms with E-state index in [4.69, 9.17) is 11.2 Å². The predicted octanol–water partition coefficient (Wildman–Crippen LogP) is 0.932. The van der Waals surface area contributed by atoms with Crippen LogP contribution in [0.15, 0.2) is 0 Å². The van der Waals surface area contributed by atoms with E-state index in [9.17, 15) is 9.59 Å². The number of hydrogen-bond donors (Lipinski definition) is 1. The summed E-state index contributed by atoms with van der Waals surface area (Å²) in [5, 5.41) is 2.92. The van der Waals surface area contributed by atoms with Crippen molar-refractivity contribution >= 4 is 11.9 Å². The van der Waals surface area contributed by atoms with Gasteiger partial charge in [0.1, 0.15) is 11.6 Å². The van der Waals surface area contributed by atoms with E-state index >= 15 is 0 Å². The summed E-state index contributed by atoms with van der Waals surface area (Å²) in [6.45, 7) is 4.82. The molecule has 0 saturated carbocycles. The summed E-state index contributed by atoms with van der Waals surface area (Å²) in [6, 6.07) is -0.311. The van der Waals surface area contributed by atoms with Crippen LogP contribution in [0.5, 0.6) is 0 Å². The fourth-order valence-corrected chi connectivity index (χ4v) is 2.58. The van der Waals surface area contributed by atoms with Gasteiger partial charge in [0.15, 0.2) is 0 Å². The number of ether oxygens (including phenoxy) is 1. The first kappa shape index (κ1) is 16.5. The second-order valence-corrected chi connectivity index (χ2v) is 5.13. The Balaban J connectivity index is 2.62. The Morgan fingerprint density at radius 2 is 2.10 bits per heavy atom. The topological polar surface area (TPSA) is 58.6 Å². The minimum Gasteiger partial charge on any atom is -0.468 e. The lowest BCUT2D eigenvalue weighted by Gasteiger charge is -2.29. The molecule has 1 saturated heterocycles. The van der Waals surface area contributed by atoms with Gasteiger partial charge in [0.05, 0.1) is 13.7 Å². The standard InChI is InChI=1S/C15H24N2O3/c1-5-15(6-2,7-3)16-13(18)11-17-10-8-9-12(17)14(19)20-4/h1,12H,6-11H2,2-4H3,(H,16,18). The smallest absolute Gasteiger partial charge is 0.323 e. The van der Waals surface area contributed by atoms with Crippen LogP contribution in [0.3, 0.4) is 0 Å². The molecule has 0 bridgehead atoms. The Kier molecular flexibility index (Phi) is 6.03. The Hall–Kier alpha value is -1.54. The highest BCUT2D eigenvalue weighted by Gasteiger charge is 2.34. The minimum atomic E-state index is -0.586. The molecule has 1 aliphatic rings. The molecule has 1 fully saturated rings. The molecule has 1 N–H and O–H groups in total. The van der Waals surface area contributed by atoms with Crippen LogP contribution in [0.25, 0.3) is 0 Å². The SMILES string of the molecule is C#CC(CC)(CC)NC(=O)CN1CCCC1C(=O)OC. The number of carbonyl (C=O) groups is 2. The number of hydrogen-bond acceptors (Lipinski definition) is 4. The lowest BCUT2D eigenvalue weighted by Crippen LogP contribution is -2.51. The number of carbonyl (C=O) groups excluding carboxylic acids is 2. The van der Waals surface area contributed by atoms with E-state index < -0.39 is 5.54 Å². The molecule has 1 amide bonds. The van der Waals surface area contributed by atoms with Crippen molar-refractivity contribution in [3.8, 4) is 12.3 Å². The number of terminal acetylenes is 1. The summed E-state index contributed by atoms with van der Waals surface area (Å²) >= 11 is 0. The highest BCUT2D eigenvalue weighted by atomic mass is 16.5. The van der Waals surface area contributed by atoms with Gasteiger partial charge in [-0.05, 0) is 32.2 Å². The average Bonchev–Trinajstić information content (AvgIpc) is 2.92. The first-order chi connectivity index (χ1) is 9.51. The molecule has 0 aromatic rings. The maximum absolute atomic E-state index is 12.1. The van der Waals surface area contributed by atoms with Gasteiger partial charge in [-0.3, -0.25) is 14.5 Å². The summed E-state index contributed by atoms with van der Waals surface area (Å²) < 4.78 is 4.77. The Labute approximate surface area is 121 Å². The number of nitrogens with one attached hydrogen (secondary N) is 1. The van der Waals surface area contributed by atoms with Crippen LogP contribution < -0.4 is 5.32 Å². The largest absolute Gasteiger partial charge is 0.468 e. The van der Waals surface area contributed by atoms with Crippen molar-refractivity contribution in [3.05, 3.63) is 0 Å². The number of amides is 1. The van der Waals surface area contributed by atoms with Gasteiger partial charge in [0, 0.05) is 0 Å². The summed E-state index contributed by atoms with van der Waals surface area (Å²) in [5.74, 6) is 2.26. The summed E-state index contributed by atoms with van der Waals surface area (Å²) in [7, 11) is 1.37. The summed E-state index contributed by atoms with van der Waals surface area (Å²) in [5.41, 5.74) is -0.586. The first-order valence-corrected chi connectivity index (χ1v) is 7.12. The van der Waals surface area contributed by atoms with Gasteiger partial charge >= 0.3 is 5.97 Å². The van der Waals surface area contributed by atoms with Crippen LogP contribution in [0.1, 0.15) is 39.5 Å². The molecule has 1 heterocycles. The van der Waals surface area contributed by atoms with E-state index in [2.05, 4.69) is 11.2 Å². The zero-order valence-electron chi connectivity index (χ0n) is 12.6. The zero-order valence-corrected chi connectivity index (χ0v) is 12.6. The minimum absolute atomic E-state index is 0.137. The van der Waals surface area contributed by atoms with Crippen LogP contribution in [-0.4, -0.2) is 48.6 Å². The number of likely N-dealkylation sites (tertiary alicyclic amines) is 1. The third kappa shape index (κ3) is 3.73. The van der Waals surface area contributed by atoms with Gasteiger partial charge < -0.3 is 10.1 Å². The molecular formula is C15H24N2O3. The molecule has 0 radical (unpaired) electrons. The van der Waals surface area contributed by atoms with E-state index in [0.717, 1.165) is 19.4 Å². The Morgan fingerprint density at radius 1 is 1.45 bits per heavy atom. The number of rotatable bonds is 6. The molecule has 0 spiro atoms. The molecule has 1 rings (SSSR count). The molecule has 0 aromatic carbocycles. The summed E-state index contributed by atoms with van der Waals surface area (Å²) in [4.78, 5) is 25.6. The summed E-state index contributed by atoms with van der Waals surface area (Å²) in [6.07, 6.45) is 8.54. The molecule has 1 aliphatic heterocycles. The fraction of sp³-hybridized carbons (Fsp3) is 0.733. The second kappa shape index (κ2) is 7.30. The van der Waals surface area contributed by atoms with Gasteiger partial charge in [-0.2, -0.15) is 0 Å². The van der Waals surface area contributed by atoms with Crippen molar-refractivity contribution in [2.45, 2.75) is 51.1 Å². The quantitative estimate of drug-likeness (QED) is 0.581. The molecular weight excluding hydrogens is 256 g/mol. The van der Waals surface area contributed by atoms with E-state index in [1.54, 1.807) is 0 Å². The first-order valence-electron chi connectivity index (χ1n) is 7.12. The van der Waals surface area contributed by atoms with E-state index in [-0.39, 0.29) is 24.5 Å². The monoisotopic (exact) mass is 280 g/mol. The van der Waals surface area contributed by atoms with Gasteiger partial charge in [-0.15, -0.1) is 6.42 Å². The zero-order chi connectivity index (χ0) is 15.2. The highest BCUT2D eigenvalue weighted by Crippen LogP contribution is 2.18. The third-order valence-corrected chi connectivity index (χ3v) is 4.05. The van der Waals surface area contributed by atoms with Gasteiger partial charge in [0.2, 0.25) is 5.91 Å². The van der Waals surface area contributed by atoms with E-state index in [1.165, 1.54) is 7.11 Å². The van der Waals surface area contributed by atoms with Gasteiger partial charge in [0.25, 0.3) is 0 Å². The van der Waals surface area contributed by atoms with E-state index in [0.29, 0.717) is 12.8 Å². The normalized spacial score (nSPS) is 19.4. The molecule has 20 heavy (non-hydrogen) atoms. The molecule has 1 atom stereocenters. The lowest BCUT2D eigenvalue weighted by molar-refractivity contribution is -0.146. The van der Waals surface area contributed by atoms with E-state index in [1.807, 2.05) is 18.7 Å². The van der Waals surface area contributed by atoms with Crippen molar-refractivity contribution in [1.82, 2.24) is 10.2 Å². The van der Waals surface area contributed by atoms with Crippen molar-refractivity contribution in [3.63, 3.8) is 0 Å². The number of methoxy groups -OCH3 is 1. The molecule has 1 unspecified atom stereocenters. The molecule has 112 valence electrons. The number of nitrogens with zero attached hydrogens (tertiary/aromatic N) is 1. The van der Waals surface area contributed by atoms with Crippen LogP contribution in [0.2, 0.25) is 0 Å². The average molecular weight is 280 g/mol. The number of esters is 1. The third-order valence-electron chi connectivity index (χ3n) is 4.05. The van der Waals surface area contributed by atoms with Gasteiger partial charge in [-0.1, -0.05) is 19.8 Å². The molecule has 0 aliphatic carbocycles. The van der Waals surface area contributed by atoms with Crippen LogP contribution in [0, 0.1) is 12.3 Å². The molecule has 0 aromatic heterocycles. The Bertz CT molecular complexity index is 396. The fourth-order valence-electron chi connectivity index (χ4n) is 2.58. The van der Waals surface area contributed by atoms with Crippen LogP contribution >= 0.6 is 0 Å². The Morgan fingerprint density at radius 3 is 2.60 bits per heavy atom. The predicted molar refractivity (Wildman–Crippen MR) is 76.9 cm³/mol. The maximum atomic E-state index is 12.1. The van der Waals surface area contributed by atoms with Crippen molar-refractivity contribution in [2.24, 2.45) is 0 Å². The van der Waals surface area contributed by atoms with Crippen LogP contribution in [-0.2, 0) is 14.3 Å². The lowest BCUT2D eigenvalue weighted by atomic mass is 9.94. The molecule has 5 heteroatoms. The second-order valence-electron chi connectivity index (χ2n) is 5.13. The maximum Gasteiger partial charge on any atom is 0.323 e. The highest BCUT2D eigenvalue weighted by molar-refractivity contribution is 5.81. The van der Waals surface area contributed by atoms with Crippen LogP contribution in [0.4, 0.5) is 0 Å². The van der Waals surface area contributed by atoms with Crippen molar-refractivity contribution < 1.29 is 14.3 Å². The van der Waals surface area contributed by atoms with Gasteiger partial charge in [-0.25, -0.2) is 0 Å². The van der Waals surface area contributed by atoms with Crippen molar-refractivity contribution in [1.29, 1.82) is 0 Å². The van der Waals surface area contributed by atoms with Crippen molar-refractivity contribution in [2.75, 3.05) is 20.2 Å². The molecule has 5 nitrogen and oxygen atoms in total.